The van der Waals surface area contributed by atoms with Crippen LogP contribution in [0, 0.1) is 11.7 Å². The van der Waals surface area contributed by atoms with Gasteiger partial charge in [-0.1, -0.05) is 53.6 Å². The number of benzene rings is 2. The average Bonchev–Trinajstić information content (AvgIpc) is 3.45. The number of amides is 1. The quantitative estimate of drug-likeness (QED) is 0.531. The lowest BCUT2D eigenvalue weighted by molar-refractivity contribution is -0.114. The molecular formula is C23H26FN3O3. The van der Waals surface area contributed by atoms with Gasteiger partial charge in [-0.25, -0.2) is 4.39 Å². The number of rotatable bonds is 8. The first-order chi connectivity index (χ1) is 14.4. The molecule has 0 radical (unpaired) electrons. The van der Waals surface area contributed by atoms with E-state index in [1.165, 1.54) is 26.3 Å². The van der Waals surface area contributed by atoms with Gasteiger partial charge >= 0.3 is 0 Å². The smallest absolute Gasteiger partial charge is 0.273 e. The van der Waals surface area contributed by atoms with E-state index < -0.39 is 0 Å². The Morgan fingerprint density at radius 1 is 1.20 bits per heavy atom. The van der Waals surface area contributed by atoms with E-state index in [2.05, 4.69) is 22.6 Å². The molecule has 0 spiro atoms. The van der Waals surface area contributed by atoms with Crippen molar-refractivity contribution < 1.29 is 18.9 Å². The van der Waals surface area contributed by atoms with E-state index in [1.807, 2.05) is 37.3 Å². The second-order valence-electron chi connectivity index (χ2n) is 7.55. The van der Waals surface area contributed by atoms with Crippen molar-refractivity contribution in [3.8, 4) is 0 Å². The molecule has 2 aromatic carbocycles. The highest BCUT2D eigenvalue weighted by molar-refractivity contribution is 6.45. The van der Waals surface area contributed by atoms with Crippen molar-refractivity contribution in [3.05, 3.63) is 71.0 Å². The molecule has 1 N–H and O–H groups in total. The van der Waals surface area contributed by atoms with Crippen molar-refractivity contribution in [1.82, 2.24) is 5.32 Å². The topological polar surface area (TPSA) is 72.3 Å². The van der Waals surface area contributed by atoms with Gasteiger partial charge in [0.05, 0.1) is 5.71 Å². The normalized spacial score (nSPS) is 21.2. The monoisotopic (exact) mass is 411 g/mol. The molecule has 0 heterocycles. The van der Waals surface area contributed by atoms with E-state index in [1.54, 1.807) is 6.07 Å². The van der Waals surface area contributed by atoms with Crippen LogP contribution in [0.5, 0.6) is 0 Å². The number of carbonyl (C=O) groups is 1. The highest BCUT2D eigenvalue weighted by Crippen LogP contribution is 2.54. The Morgan fingerprint density at radius 3 is 2.57 bits per heavy atom. The fourth-order valence-electron chi connectivity index (χ4n) is 3.69. The molecular weight excluding hydrogens is 385 g/mol. The molecule has 6 nitrogen and oxygen atoms in total. The minimum absolute atomic E-state index is 0.0555. The predicted octanol–water partition coefficient (Wildman–Crippen LogP) is 3.79. The van der Waals surface area contributed by atoms with Crippen LogP contribution in [0.25, 0.3) is 0 Å². The van der Waals surface area contributed by atoms with Gasteiger partial charge in [0.15, 0.2) is 5.71 Å². The maximum Gasteiger partial charge on any atom is 0.273 e. The minimum Gasteiger partial charge on any atom is -0.398 e. The second kappa shape index (κ2) is 9.07. The Kier molecular flexibility index (Phi) is 6.50. The summed E-state index contributed by atoms with van der Waals surface area (Å²) < 4.78 is 13.2. The molecule has 0 bridgehead atoms. The molecule has 1 saturated carbocycles. The van der Waals surface area contributed by atoms with E-state index >= 15 is 0 Å². The summed E-state index contributed by atoms with van der Waals surface area (Å²) in [6.45, 7) is 4.27. The number of hydrogen-bond donors (Lipinski definition) is 1. The molecule has 30 heavy (non-hydrogen) atoms. The van der Waals surface area contributed by atoms with Gasteiger partial charge in [0.1, 0.15) is 19.5 Å². The third-order valence-corrected chi connectivity index (χ3v) is 5.57. The van der Waals surface area contributed by atoms with Gasteiger partial charge in [-0.15, -0.1) is 0 Å². The van der Waals surface area contributed by atoms with E-state index in [9.17, 15) is 9.18 Å². The highest BCUT2D eigenvalue weighted by atomic mass is 19.1. The Labute approximate surface area is 175 Å². The average molecular weight is 411 g/mol. The number of nitrogens with one attached hydrogen (secondary N) is 1. The maximum atomic E-state index is 13.2. The first-order valence-corrected chi connectivity index (χ1v) is 9.74. The Morgan fingerprint density at radius 2 is 1.90 bits per heavy atom. The first kappa shape index (κ1) is 21.5. The van der Waals surface area contributed by atoms with Crippen molar-refractivity contribution in [3.63, 3.8) is 0 Å². The standard InChI is InChI=1S/C23H26FN3O3/c1-15(20-13-23(20,2)17-9-11-18(24)12-10-17)26-30-14-16-7-5-6-8-19(16)21(27-29-4)22(28)25-3/h5-12,20H,13-14H2,1-4H3,(H,25,28)/t20-,23-/m0/s1. The summed E-state index contributed by atoms with van der Waals surface area (Å²) in [6, 6.07) is 14.0. The second-order valence-corrected chi connectivity index (χ2v) is 7.55. The Balaban J connectivity index is 1.70. The van der Waals surface area contributed by atoms with E-state index in [0.717, 1.165) is 23.3 Å². The van der Waals surface area contributed by atoms with Crippen molar-refractivity contribution in [2.24, 2.45) is 16.2 Å². The van der Waals surface area contributed by atoms with Crippen LogP contribution in [-0.2, 0) is 26.5 Å². The summed E-state index contributed by atoms with van der Waals surface area (Å²) in [5.74, 6) is -0.341. The van der Waals surface area contributed by atoms with Crippen molar-refractivity contribution in [1.29, 1.82) is 0 Å². The van der Waals surface area contributed by atoms with Crippen LogP contribution in [0.15, 0.2) is 58.8 Å². The zero-order valence-electron chi connectivity index (χ0n) is 17.6. The SMILES string of the molecule is CNC(=O)C(=NOC)c1ccccc1CON=C(C)[C@@H]1C[C@@]1(C)c1ccc(F)cc1. The van der Waals surface area contributed by atoms with Crippen LogP contribution < -0.4 is 5.32 Å². The lowest BCUT2D eigenvalue weighted by atomic mass is 9.94. The van der Waals surface area contributed by atoms with Crippen LogP contribution in [0.1, 0.15) is 37.0 Å². The molecule has 2 aromatic rings. The van der Waals surface area contributed by atoms with E-state index in [0.29, 0.717) is 5.56 Å². The van der Waals surface area contributed by atoms with E-state index in [-0.39, 0.29) is 35.4 Å². The van der Waals surface area contributed by atoms with Gasteiger partial charge in [0, 0.05) is 29.5 Å². The summed E-state index contributed by atoms with van der Waals surface area (Å²) in [5, 5.41) is 10.7. The molecule has 0 aromatic heterocycles. The molecule has 1 aliphatic rings. The fraction of sp³-hybridized carbons (Fsp3) is 0.348. The summed E-state index contributed by atoms with van der Waals surface area (Å²) in [6.07, 6.45) is 0.940. The van der Waals surface area contributed by atoms with Crippen molar-refractivity contribution >= 4 is 17.3 Å². The molecule has 1 fully saturated rings. The van der Waals surface area contributed by atoms with Gasteiger partial charge in [-0.3, -0.25) is 4.79 Å². The molecule has 158 valence electrons. The number of oxime groups is 2. The summed E-state index contributed by atoms with van der Waals surface area (Å²) >= 11 is 0. The Hall–Kier alpha value is -3.22. The highest BCUT2D eigenvalue weighted by Gasteiger charge is 2.53. The first-order valence-electron chi connectivity index (χ1n) is 9.74. The lowest BCUT2D eigenvalue weighted by Crippen LogP contribution is -2.29. The van der Waals surface area contributed by atoms with Crippen LogP contribution in [0.3, 0.4) is 0 Å². The number of carbonyl (C=O) groups excluding carboxylic acids is 1. The minimum atomic E-state index is -0.350. The molecule has 0 aliphatic heterocycles. The summed E-state index contributed by atoms with van der Waals surface area (Å²) in [4.78, 5) is 22.6. The fourth-order valence-corrected chi connectivity index (χ4v) is 3.69. The van der Waals surface area contributed by atoms with Gasteiger partial charge in [-0.05, 0) is 31.0 Å². The van der Waals surface area contributed by atoms with Crippen molar-refractivity contribution in [2.45, 2.75) is 32.3 Å². The summed E-state index contributed by atoms with van der Waals surface area (Å²) in [5.41, 5.74) is 3.49. The number of halogens is 1. The van der Waals surface area contributed by atoms with Gasteiger partial charge in [-0.2, -0.15) is 0 Å². The molecule has 0 saturated heterocycles. The number of nitrogens with zero attached hydrogens (tertiary/aromatic N) is 2. The maximum absolute atomic E-state index is 13.2. The molecule has 7 heteroatoms. The number of likely N-dealkylation sites (N-methyl/N-ethyl adjacent to an activating group) is 1. The molecule has 0 unspecified atom stereocenters. The number of hydrogen-bond acceptors (Lipinski definition) is 5. The third kappa shape index (κ3) is 4.50. The van der Waals surface area contributed by atoms with Gasteiger partial charge < -0.3 is 15.0 Å². The largest absolute Gasteiger partial charge is 0.398 e. The third-order valence-electron chi connectivity index (χ3n) is 5.57. The molecule has 1 aliphatic carbocycles. The van der Waals surface area contributed by atoms with Gasteiger partial charge in [0.2, 0.25) is 0 Å². The van der Waals surface area contributed by atoms with E-state index in [4.69, 9.17) is 9.68 Å². The van der Waals surface area contributed by atoms with Crippen molar-refractivity contribution in [2.75, 3.05) is 14.2 Å². The van der Waals surface area contributed by atoms with Crippen LogP contribution >= 0.6 is 0 Å². The van der Waals surface area contributed by atoms with Crippen LogP contribution in [0.4, 0.5) is 4.39 Å². The van der Waals surface area contributed by atoms with Crippen LogP contribution in [-0.4, -0.2) is 31.5 Å². The lowest BCUT2D eigenvalue weighted by Gasteiger charge is -2.12. The van der Waals surface area contributed by atoms with Gasteiger partial charge in [0.25, 0.3) is 5.91 Å². The molecule has 1 amide bonds. The zero-order chi connectivity index (χ0) is 21.7. The van der Waals surface area contributed by atoms with Crippen LogP contribution in [0.2, 0.25) is 0 Å². The molecule has 3 rings (SSSR count). The Bertz CT molecular complexity index is 972. The molecule has 2 atom stereocenters. The summed E-state index contributed by atoms with van der Waals surface area (Å²) in [7, 11) is 2.93. The zero-order valence-corrected chi connectivity index (χ0v) is 17.6. The predicted molar refractivity (Wildman–Crippen MR) is 114 cm³/mol.